The Bertz CT molecular complexity index is 1250. The molecular weight excluding hydrogens is 414 g/mol. The summed E-state index contributed by atoms with van der Waals surface area (Å²) < 4.78 is 5.28. The van der Waals surface area contributed by atoms with Crippen molar-refractivity contribution in [3.8, 4) is 16.9 Å². The SMILES string of the molecule is COc1ccc(-c2cc(C)nc(C3CCCN(C(=O)c4cc5c([nH]c4=O)CCC5)C3)c2)cc1. The average molecular weight is 444 g/mol. The van der Waals surface area contributed by atoms with E-state index in [-0.39, 0.29) is 22.9 Å². The van der Waals surface area contributed by atoms with Gasteiger partial charge in [0.25, 0.3) is 11.5 Å². The van der Waals surface area contributed by atoms with Crippen LogP contribution in [0.15, 0.2) is 47.3 Å². The quantitative estimate of drug-likeness (QED) is 0.654. The zero-order chi connectivity index (χ0) is 22.9. The number of H-pyrrole nitrogens is 1. The molecule has 6 nitrogen and oxygen atoms in total. The van der Waals surface area contributed by atoms with Crippen LogP contribution in [-0.4, -0.2) is 41.0 Å². The fourth-order valence-electron chi connectivity index (χ4n) is 5.10. The summed E-state index contributed by atoms with van der Waals surface area (Å²) in [6.07, 6.45) is 4.72. The van der Waals surface area contributed by atoms with Crippen LogP contribution in [0.4, 0.5) is 0 Å². The van der Waals surface area contributed by atoms with Crippen molar-refractivity contribution in [1.29, 1.82) is 0 Å². The lowest BCUT2D eigenvalue weighted by atomic mass is 9.91. The van der Waals surface area contributed by atoms with Crippen LogP contribution in [0, 0.1) is 6.92 Å². The number of pyridine rings is 2. The second-order valence-electron chi connectivity index (χ2n) is 9.11. The highest BCUT2D eigenvalue weighted by Gasteiger charge is 2.29. The van der Waals surface area contributed by atoms with E-state index < -0.39 is 0 Å². The third-order valence-electron chi connectivity index (χ3n) is 6.84. The first kappa shape index (κ1) is 21.4. The Balaban J connectivity index is 1.39. The van der Waals surface area contributed by atoms with Crippen LogP contribution < -0.4 is 10.3 Å². The smallest absolute Gasteiger partial charge is 0.261 e. The number of benzene rings is 1. The first-order valence-electron chi connectivity index (χ1n) is 11.7. The van der Waals surface area contributed by atoms with E-state index >= 15 is 0 Å². The van der Waals surface area contributed by atoms with Crippen molar-refractivity contribution >= 4 is 5.91 Å². The first-order valence-corrected chi connectivity index (χ1v) is 11.7. The number of aryl methyl sites for hydroxylation is 3. The Kier molecular flexibility index (Phi) is 5.75. The molecule has 2 aromatic heterocycles. The highest BCUT2D eigenvalue weighted by molar-refractivity contribution is 5.94. The minimum Gasteiger partial charge on any atom is -0.497 e. The van der Waals surface area contributed by atoms with Gasteiger partial charge in [-0.2, -0.15) is 0 Å². The molecule has 1 unspecified atom stereocenters. The van der Waals surface area contributed by atoms with Gasteiger partial charge in [-0.1, -0.05) is 12.1 Å². The number of rotatable bonds is 4. The number of likely N-dealkylation sites (tertiary alicyclic amines) is 1. The number of carbonyl (C=O) groups is 1. The van der Waals surface area contributed by atoms with Crippen LogP contribution in [0.1, 0.15) is 58.2 Å². The Morgan fingerprint density at radius 1 is 1.09 bits per heavy atom. The van der Waals surface area contributed by atoms with Crippen LogP contribution in [0.3, 0.4) is 0 Å². The van der Waals surface area contributed by atoms with Crippen molar-refractivity contribution in [1.82, 2.24) is 14.9 Å². The number of nitrogens with zero attached hydrogens (tertiary/aromatic N) is 2. The minimum absolute atomic E-state index is 0.146. The number of hydrogen-bond donors (Lipinski definition) is 1. The third kappa shape index (κ3) is 4.30. The van der Waals surface area contributed by atoms with Crippen molar-refractivity contribution in [3.05, 3.63) is 81.0 Å². The molecule has 1 atom stereocenters. The van der Waals surface area contributed by atoms with Gasteiger partial charge in [-0.3, -0.25) is 14.6 Å². The zero-order valence-electron chi connectivity index (χ0n) is 19.2. The number of amides is 1. The molecule has 1 aliphatic carbocycles. The molecule has 0 bridgehead atoms. The molecule has 1 N–H and O–H groups in total. The number of nitrogens with one attached hydrogen (secondary N) is 1. The van der Waals surface area contributed by atoms with Gasteiger partial charge in [0, 0.05) is 36.1 Å². The van der Waals surface area contributed by atoms with Gasteiger partial charge in [0.2, 0.25) is 0 Å². The molecule has 3 heterocycles. The van der Waals surface area contributed by atoms with E-state index in [2.05, 4.69) is 17.1 Å². The molecule has 1 aromatic carbocycles. The van der Waals surface area contributed by atoms with E-state index in [0.717, 1.165) is 71.6 Å². The fourth-order valence-corrected chi connectivity index (χ4v) is 5.10. The van der Waals surface area contributed by atoms with Gasteiger partial charge in [0.05, 0.1) is 7.11 Å². The average Bonchev–Trinajstić information content (AvgIpc) is 3.30. The van der Waals surface area contributed by atoms with E-state index in [4.69, 9.17) is 9.72 Å². The maximum absolute atomic E-state index is 13.3. The lowest BCUT2D eigenvalue weighted by molar-refractivity contribution is 0.0704. The number of piperidine rings is 1. The summed E-state index contributed by atoms with van der Waals surface area (Å²) in [6, 6.07) is 14.1. The molecule has 33 heavy (non-hydrogen) atoms. The maximum Gasteiger partial charge on any atom is 0.261 e. The Morgan fingerprint density at radius 3 is 2.70 bits per heavy atom. The number of ether oxygens (including phenoxy) is 1. The third-order valence-corrected chi connectivity index (χ3v) is 6.84. The topological polar surface area (TPSA) is 75.3 Å². The van der Waals surface area contributed by atoms with E-state index in [9.17, 15) is 9.59 Å². The molecule has 1 amide bonds. The van der Waals surface area contributed by atoms with Crippen molar-refractivity contribution in [2.45, 2.75) is 44.9 Å². The number of aromatic nitrogens is 2. The van der Waals surface area contributed by atoms with Gasteiger partial charge < -0.3 is 14.6 Å². The summed E-state index contributed by atoms with van der Waals surface area (Å²) in [6.45, 7) is 3.25. The molecule has 2 aliphatic rings. The molecule has 1 fully saturated rings. The standard InChI is InChI=1S/C27H29N3O3/c1-17-13-21(18-8-10-22(33-2)11-9-18)15-25(28-17)20-6-4-12-30(16-20)27(32)23-14-19-5-3-7-24(19)29-26(23)31/h8-11,13-15,20H,3-7,12,16H2,1-2H3,(H,29,31). The lowest BCUT2D eigenvalue weighted by Crippen LogP contribution is -2.41. The van der Waals surface area contributed by atoms with Crippen molar-refractivity contribution in [2.75, 3.05) is 20.2 Å². The number of carbonyl (C=O) groups excluding carboxylic acids is 1. The van der Waals surface area contributed by atoms with E-state index in [0.29, 0.717) is 13.1 Å². The number of methoxy groups -OCH3 is 1. The molecule has 0 spiro atoms. The zero-order valence-corrected chi connectivity index (χ0v) is 19.2. The number of aromatic amines is 1. The van der Waals surface area contributed by atoms with E-state index in [1.807, 2.05) is 42.2 Å². The van der Waals surface area contributed by atoms with Crippen LogP contribution in [0.25, 0.3) is 11.1 Å². The lowest BCUT2D eigenvalue weighted by Gasteiger charge is -2.32. The highest BCUT2D eigenvalue weighted by atomic mass is 16.5. The van der Waals surface area contributed by atoms with Gasteiger partial charge in [0.1, 0.15) is 11.3 Å². The molecule has 170 valence electrons. The van der Waals surface area contributed by atoms with Crippen molar-refractivity contribution < 1.29 is 9.53 Å². The molecule has 5 rings (SSSR count). The Labute approximate surface area is 193 Å². The van der Waals surface area contributed by atoms with E-state index in [1.165, 1.54) is 0 Å². The fraction of sp³-hybridized carbons (Fsp3) is 0.370. The van der Waals surface area contributed by atoms with Crippen LogP contribution in [0.2, 0.25) is 0 Å². The molecule has 1 aliphatic heterocycles. The largest absolute Gasteiger partial charge is 0.497 e. The number of fused-ring (bicyclic) bond motifs is 1. The predicted octanol–water partition coefficient (Wildman–Crippen LogP) is 4.26. The molecule has 6 heteroatoms. The maximum atomic E-state index is 13.3. The van der Waals surface area contributed by atoms with Gasteiger partial charge in [0.15, 0.2) is 0 Å². The van der Waals surface area contributed by atoms with E-state index in [1.54, 1.807) is 7.11 Å². The summed E-state index contributed by atoms with van der Waals surface area (Å²) in [4.78, 5) is 35.5. The van der Waals surface area contributed by atoms with Crippen molar-refractivity contribution in [2.24, 2.45) is 0 Å². The Morgan fingerprint density at radius 2 is 1.91 bits per heavy atom. The van der Waals surface area contributed by atoms with Gasteiger partial charge in [-0.15, -0.1) is 0 Å². The van der Waals surface area contributed by atoms with Gasteiger partial charge in [-0.05, 0) is 86.1 Å². The molecule has 1 saturated heterocycles. The normalized spacial score (nSPS) is 17.6. The molecule has 0 saturated carbocycles. The summed E-state index contributed by atoms with van der Waals surface area (Å²) >= 11 is 0. The summed E-state index contributed by atoms with van der Waals surface area (Å²) in [5.74, 6) is 0.805. The highest BCUT2D eigenvalue weighted by Crippen LogP contribution is 2.31. The number of hydrogen-bond acceptors (Lipinski definition) is 4. The second-order valence-corrected chi connectivity index (χ2v) is 9.11. The predicted molar refractivity (Wildman–Crippen MR) is 128 cm³/mol. The van der Waals surface area contributed by atoms with Crippen LogP contribution >= 0.6 is 0 Å². The van der Waals surface area contributed by atoms with Crippen LogP contribution in [-0.2, 0) is 12.8 Å². The molecule has 3 aromatic rings. The monoisotopic (exact) mass is 443 g/mol. The van der Waals surface area contributed by atoms with Gasteiger partial charge >= 0.3 is 0 Å². The summed E-state index contributed by atoms with van der Waals surface area (Å²) in [5, 5.41) is 0. The molecular formula is C27H29N3O3. The van der Waals surface area contributed by atoms with Crippen molar-refractivity contribution in [3.63, 3.8) is 0 Å². The Hall–Kier alpha value is -3.41. The van der Waals surface area contributed by atoms with Gasteiger partial charge in [-0.25, -0.2) is 0 Å². The first-order chi connectivity index (χ1) is 16.0. The van der Waals surface area contributed by atoms with Crippen LogP contribution in [0.5, 0.6) is 5.75 Å². The summed E-state index contributed by atoms with van der Waals surface area (Å²) in [7, 11) is 1.66. The minimum atomic E-state index is -0.266. The second kappa shape index (κ2) is 8.85. The summed E-state index contributed by atoms with van der Waals surface area (Å²) in [5.41, 5.74) is 6.28. The molecule has 0 radical (unpaired) electrons.